The Morgan fingerprint density at radius 1 is 1.42 bits per heavy atom. The Morgan fingerprint density at radius 3 is 2.79 bits per heavy atom. The standard InChI is InChI=1S/C13H13BrO5/c1-2-18-12(17)8-19-13-9(6-7-11(15)16)4-3-5-10(13)14/h3-7H,2,8H2,1H3,(H,15,16). The van der Waals surface area contributed by atoms with Crippen LogP contribution in [0.4, 0.5) is 0 Å². The highest BCUT2D eigenvalue weighted by Gasteiger charge is 2.09. The third-order valence-corrected chi connectivity index (χ3v) is 2.67. The van der Waals surface area contributed by atoms with Gasteiger partial charge in [-0.15, -0.1) is 0 Å². The normalized spacial score (nSPS) is 10.4. The average molecular weight is 329 g/mol. The summed E-state index contributed by atoms with van der Waals surface area (Å²) in [7, 11) is 0. The average Bonchev–Trinajstić information content (AvgIpc) is 2.35. The minimum atomic E-state index is -1.06. The summed E-state index contributed by atoms with van der Waals surface area (Å²) in [6.45, 7) is 1.76. The minimum absolute atomic E-state index is 0.232. The molecule has 0 aliphatic rings. The number of rotatable bonds is 6. The molecular formula is C13H13BrO5. The quantitative estimate of drug-likeness (QED) is 0.641. The monoisotopic (exact) mass is 328 g/mol. The second-order valence-electron chi connectivity index (χ2n) is 3.42. The van der Waals surface area contributed by atoms with Gasteiger partial charge in [-0.3, -0.25) is 0 Å². The van der Waals surface area contributed by atoms with Gasteiger partial charge in [0.25, 0.3) is 0 Å². The number of ether oxygens (including phenoxy) is 2. The van der Waals surface area contributed by atoms with Crippen LogP contribution < -0.4 is 4.74 Å². The van der Waals surface area contributed by atoms with Crippen molar-refractivity contribution in [2.24, 2.45) is 0 Å². The lowest BCUT2D eigenvalue weighted by Crippen LogP contribution is -2.15. The fraction of sp³-hybridized carbons (Fsp3) is 0.231. The number of carbonyl (C=O) groups is 2. The lowest BCUT2D eigenvalue weighted by molar-refractivity contribution is -0.145. The number of carbonyl (C=O) groups excluding carboxylic acids is 1. The topological polar surface area (TPSA) is 72.8 Å². The molecule has 0 saturated heterocycles. The third kappa shape index (κ3) is 5.13. The van der Waals surface area contributed by atoms with Gasteiger partial charge in [0.05, 0.1) is 11.1 Å². The Balaban J connectivity index is 2.86. The number of benzene rings is 1. The molecule has 0 spiro atoms. The molecule has 0 saturated carbocycles. The maximum absolute atomic E-state index is 11.2. The molecule has 0 radical (unpaired) electrons. The highest BCUT2D eigenvalue weighted by molar-refractivity contribution is 9.10. The number of esters is 1. The Morgan fingerprint density at radius 2 is 2.16 bits per heavy atom. The summed E-state index contributed by atoms with van der Waals surface area (Å²) in [5.74, 6) is -1.14. The molecule has 0 fully saturated rings. The molecule has 1 aromatic rings. The van der Waals surface area contributed by atoms with Crippen molar-refractivity contribution in [3.8, 4) is 5.75 Å². The lowest BCUT2D eigenvalue weighted by Gasteiger charge is -2.10. The van der Waals surface area contributed by atoms with Crippen LogP contribution in [0.15, 0.2) is 28.7 Å². The van der Waals surface area contributed by atoms with Gasteiger partial charge in [-0.05, 0) is 35.0 Å². The van der Waals surface area contributed by atoms with E-state index in [1.807, 2.05) is 0 Å². The van der Waals surface area contributed by atoms with Crippen LogP contribution >= 0.6 is 15.9 Å². The van der Waals surface area contributed by atoms with E-state index < -0.39 is 11.9 Å². The Hall–Kier alpha value is -1.82. The predicted octanol–water partition coefficient (Wildman–Crippen LogP) is 2.49. The van der Waals surface area contributed by atoms with Gasteiger partial charge in [-0.25, -0.2) is 9.59 Å². The van der Waals surface area contributed by atoms with Crippen molar-refractivity contribution in [2.45, 2.75) is 6.92 Å². The molecule has 0 aliphatic heterocycles. The van der Waals surface area contributed by atoms with E-state index in [1.165, 1.54) is 6.08 Å². The fourth-order valence-electron chi connectivity index (χ4n) is 1.30. The molecule has 1 N–H and O–H groups in total. The van der Waals surface area contributed by atoms with Crippen molar-refractivity contribution in [3.63, 3.8) is 0 Å². The summed E-state index contributed by atoms with van der Waals surface area (Å²) in [6.07, 6.45) is 2.40. The highest BCUT2D eigenvalue weighted by Crippen LogP contribution is 2.30. The molecule has 19 heavy (non-hydrogen) atoms. The van der Waals surface area contributed by atoms with Crippen molar-refractivity contribution in [3.05, 3.63) is 34.3 Å². The van der Waals surface area contributed by atoms with Crippen LogP contribution in [0.1, 0.15) is 12.5 Å². The van der Waals surface area contributed by atoms with Crippen LogP contribution in [0, 0.1) is 0 Å². The molecule has 5 nitrogen and oxygen atoms in total. The van der Waals surface area contributed by atoms with Crippen LogP contribution in [-0.4, -0.2) is 30.3 Å². The number of para-hydroxylation sites is 1. The minimum Gasteiger partial charge on any atom is -0.480 e. The molecule has 0 aromatic heterocycles. The number of carboxylic acid groups (broad SMARTS) is 1. The summed E-state index contributed by atoms with van der Waals surface area (Å²) in [5.41, 5.74) is 0.557. The molecule has 0 atom stereocenters. The number of carboxylic acids is 1. The zero-order valence-electron chi connectivity index (χ0n) is 10.3. The largest absolute Gasteiger partial charge is 0.480 e. The first kappa shape index (κ1) is 15.2. The summed E-state index contributed by atoms with van der Waals surface area (Å²) < 4.78 is 10.7. The van der Waals surface area contributed by atoms with E-state index in [9.17, 15) is 9.59 Å². The van der Waals surface area contributed by atoms with Crippen molar-refractivity contribution in [2.75, 3.05) is 13.2 Å². The van der Waals surface area contributed by atoms with E-state index in [0.717, 1.165) is 6.08 Å². The molecule has 6 heteroatoms. The molecule has 0 bridgehead atoms. The van der Waals surface area contributed by atoms with Crippen LogP contribution in [-0.2, 0) is 14.3 Å². The number of hydrogen-bond donors (Lipinski definition) is 1. The van der Waals surface area contributed by atoms with E-state index >= 15 is 0 Å². The molecule has 1 rings (SSSR count). The SMILES string of the molecule is CCOC(=O)COc1c(Br)cccc1C=CC(=O)O. The summed E-state index contributed by atoms with van der Waals surface area (Å²) in [5, 5.41) is 8.61. The Kier molecular flexibility index (Phi) is 6.08. The summed E-state index contributed by atoms with van der Waals surface area (Å²) in [4.78, 5) is 21.7. The summed E-state index contributed by atoms with van der Waals surface area (Å²) >= 11 is 3.28. The molecule has 0 unspecified atom stereocenters. The van der Waals surface area contributed by atoms with Gasteiger partial charge in [0.2, 0.25) is 0 Å². The van der Waals surface area contributed by atoms with Gasteiger partial charge in [-0.2, -0.15) is 0 Å². The van der Waals surface area contributed by atoms with E-state index in [-0.39, 0.29) is 13.2 Å². The van der Waals surface area contributed by atoms with E-state index in [0.29, 0.717) is 15.8 Å². The van der Waals surface area contributed by atoms with Gasteiger partial charge in [0.1, 0.15) is 5.75 Å². The summed E-state index contributed by atoms with van der Waals surface area (Å²) in [6, 6.07) is 5.16. The van der Waals surface area contributed by atoms with Crippen LogP contribution in [0.2, 0.25) is 0 Å². The third-order valence-electron chi connectivity index (χ3n) is 2.04. The van der Waals surface area contributed by atoms with Crippen LogP contribution in [0.25, 0.3) is 6.08 Å². The maximum atomic E-state index is 11.2. The van der Waals surface area contributed by atoms with Crippen LogP contribution in [0.5, 0.6) is 5.75 Å². The van der Waals surface area contributed by atoms with Gasteiger partial charge in [-0.1, -0.05) is 12.1 Å². The highest BCUT2D eigenvalue weighted by atomic mass is 79.9. The van der Waals surface area contributed by atoms with Gasteiger partial charge in [0, 0.05) is 11.6 Å². The fourth-order valence-corrected chi connectivity index (χ4v) is 1.80. The van der Waals surface area contributed by atoms with Crippen molar-refractivity contribution in [1.29, 1.82) is 0 Å². The number of halogens is 1. The first-order valence-electron chi connectivity index (χ1n) is 5.52. The second-order valence-corrected chi connectivity index (χ2v) is 4.28. The van der Waals surface area contributed by atoms with E-state index in [4.69, 9.17) is 14.6 Å². The molecule has 0 heterocycles. The zero-order chi connectivity index (χ0) is 14.3. The number of aliphatic carboxylic acids is 1. The number of hydrogen-bond acceptors (Lipinski definition) is 4. The predicted molar refractivity (Wildman–Crippen MR) is 72.9 cm³/mol. The van der Waals surface area contributed by atoms with Crippen LogP contribution in [0.3, 0.4) is 0 Å². The second kappa shape index (κ2) is 7.58. The first-order chi connectivity index (χ1) is 9.04. The van der Waals surface area contributed by atoms with E-state index in [1.54, 1.807) is 25.1 Å². The first-order valence-corrected chi connectivity index (χ1v) is 6.31. The van der Waals surface area contributed by atoms with Crippen molar-refractivity contribution in [1.82, 2.24) is 0 Å². The van der Waals surface area contributed by atoms with Gasteiger partial charge in [0.15, 0.2) is 6.61 Å². The Labute approximate surface area is 119 Å². The van der Waals surface area contributed by atoms with Crippen molar-refractivity contribution >= 4 is 33.9 Å². The van der Waals surface area contributed by atoms with E-state index in [2.05, 4.69) is 15.9 Å². The Bertz CT molecular complexity index is 496. The molecule has 0 aliphatic carbocycles. The maximum Gasteiger partial charge on any atom is 0.344 e. The molecule has 102 valence electrons. The van der Waals surface area contributed by atoms with Gasteiger partial charge < -0.3 is 14.6 Å². The smallest absolute Gasteiger partial charge is 0.344 e. The molecule has 0 amide bonds. The lowest BCUT2D eigenvalue weighted by atomic mass is 10.2. The molecular weight excluding hydrogens is 316 g/mol. The van der Waals surface area contributed by atoms with Crippen molar-refractivity contribution < 1.29 is 24.2 Å². The van der Waals surface area contributed by atoms with Gasteiger partial charge >= 0.3 is 11.9 Å². The molecule has 1 aromatic carbocycles. The zero-order valence-corrected chi connectivity index (χ0v) is 11.8.